The maximum atomic E-state index is 13.7. The Labute approximate surface area is 99.7 Å². The fourth-order valence-electron chi connectivity index (χ4n) is 2.36. The molecule has 2 N–H and O–H groups in total. The predicted molar refractivity (Wildman–Crippen MR) is 62.7 cm³/mol. The first kappa shape index (κ1) is 12.0. The zero-order chi connectivity index (χ0) is 12.6. The first-order valence-corrected chi connectivity index (χ1v) is 5.73. The molecule has 0 amide bonds. The molecule has 1 unspecified atom stereocenters. The highest BCUT2D eigenvalue weighted by Crippen LogP contribution is 2.32. The number of halogens is 1. The normalized spacial score (nSPS) is 23.9. The van der Waals surface area contributed by atoms with Crippen LogP contribution >= 0.6 is 0 Å². The van der Waals surface area contributed by atoms with E-state index in [1.807, 2.05) is 6.92 Å². The van der Waals surface area contributed by atoms with Crippen molar-refractivity contribution in [3.63, 3.8) is 0 Å². The minimum absolute atomic E-state index is 0.0509. The highest BCUT2D eigenvalue weighted by atomic mass is 19.1. The molecule has 1 aliphatic heterocycles. The third-order valence-corrected chi connectivity index (χ3v) is 3.58. The summed E-state index contributed by atoms with van der Waals surface area (Å²) in [6, 6.07) is 3.03. The third-order valence-electron chi connectivity index (χ3n) is 3.58. The molecule has 0 bridgehead atoms. The van der Waals surface area contributed by atoms with Gasteiger partial charge < -0.3 is 10.4 Å². The van der Waals surface area contributed by atoms with Crippen LogP contribution in [-0.2, 0) is 5.54 Å². The smallest absolute Gasteiger partial charge is 0.336 e. The molecule has 1 aliphatic rings. The first-order valence-electron chi connectivity index (χ1n) is 5.73. The lowest BCUT2D eigenvalue weighted by molar-refractivity contribution is 0.0695. The van der Waals surface area contributed by atoms with Crippen LogP contribution in [0.1, 0.15) is 41.3 Å². The van der Waals surface area contributed by atoms with Crippen LogP contribution in [0.15, 0.2) is 12.1 Å². The summed E-state index contributed by atoms with van der Waals surface area (Å²) in [5, 5.41) is 12.4. The summed E-state index contributed by atoms with van der Waals surface area (Å²) < 4.78 is 13.7. The molecule has 17 heavy (non-hydrogen) atoms. The Hall–Kier alpha value is -1.42. The van der Waals surface area contributed by atoms with Gasteiger partial charge in [-0.05, 0) is 56.5 Å². The van der Waals surface area contributed by atoms with E-state index in [1.165, 1.54) is 13.0 Å². The van der Waals surface area contributed by atoms with E-state index in [0.717, 1.165) is 24.9 Å². The van der Waals surface area contributed by atoms with E-state index in [4.69, 9.17) is 5.11 Å². The molecule has 1 atom stereocenters. The van der Waals surface area contributed by atoms with Crippen LogP contribution in [0, 0.1) is 12.7 Å². The van der Waals surface area contributed by atoms with E-state index in [2.05, 4.69) is 5.32 Å². The van der Waals surface area contributed by atoms with Crippen molar-refractivity contribution >= 4 is 5.97 Å². The van der Waals surface area contributed by atoms with Gasteiger partial charge in [-0.15, -0.1) is 0 Å². The van der Waals surface area contributed by atoms with Gasteiger partial charge in [0.2, 0.25) is 0 Å². The summed E-state index contributed by atoms with van der Waals surface area (Å²) in [6.45, 7) is 4.36. The number of hydrogen-bond donors (Lipinski definition) is 2. The molecule has 0 spiro atoms. The molecule has 1 aromatic carbocycles. The predicted octanol–water partition coefficient (Wildman–Crippen LogP) is 2.43. The largest absolute Gasteiger partial charge is 0.478 e. The molecule has 0 aliphatic carbocycles. The van der Waals surface area contributed by atoms with Crippen molar-refractivity contribution in [2.24, 2.45) is 0 Å². The van der Waals surface area contributed by atoms with Crippen molar-refractivity contribution in [1.82, 2.24) is 5.32 Å². The Bertz CT molecular complexity index is 465. The van der Waals surface area contributed by atoms with Crippen LogP contribution in [0.2, 0.25) is 0 Å². The lowest BCUT2D eigenvalue weighted by Crippen LogP contribution is -2.33. The fraction of sp³-hybridized carbons (Fsp3) is 0.462. The number of hydrogen-bond acceptors (Lipinski definition) is 2. The molecule has 92 valence electrons. The Kier molecular flexibility index (Phi) is 2.91. The average molecular weight is 237 g/mol. The van der Waals surface area contributed by atoms with Crippen molar-refractivity contribution in [2.45, 2.75) is 32.2 Å². The van der Waals surface area contributed by atoms with Crippen LogP contribution in [0.4, 0.5) is 4.39 Å². The maximum absolute atomic E-state index is 13.7. The van der Waals surface area contributed by atoms with E-state index in [9.17, 15) is 9.18 Å². The zero-order valence-electron chi connectivity index (χ0n) is 10.0. The van der Waals surface area contributed by atoms with Gasteiger partial charge in [0.25, 0.3) is 0 Å². The Morgan fingerprint density at radius 3 is 2.76 bits per heavy atom. The summed E-state index contributed by atoms with van der Waals surface area (Å²) in [4.78, 5) is 11.1. The van der Waals surface area contributed by atoms with Crippen molar-refractivity contribution in [1.29, 1.82) is 0 Å². The zero-order valence-corrected chi connectivity index (χ0v) is 10.0. The number of rotatable bonds is 2. The quantitative estimate of drug-likeness (QED) is 0.830. The van der Waals surface area contributed by atoms with Gasteiger partial charge >= 0.3 is 5.97 Å². The second kappa shape index (κ2) is 4.11. The molecule has 2 rings (SSSR count). The first-order chi connectivity index (χ1) is 7.94. The molecule has 1 heterocycles. The van der Waals surface area contributed by atoms with E-state index in [-0.39, 0.29) is 16.7 Å². The van der Waals surface area contributed by atoms with E-state index >= 15 is 0 Å². The Morgan fingerprint density at radius 2 is 2.24 bits per heavy atom. The highest BCUT2D eigenvalue weighted by Gasteiger charge is 2.31. The summed E-state index contributed by atoms with van der Waals surface area (Å²) >= 11 is 0. The van der Waals surface area contributed by atoms with Crippen LogP contribution < -0.4 is 5.32 Å². The average Bonchev–Trinajstić information content (AvgIpc) is 2.69. The van der Waals surface area contributed by atoms with Crippen LogP contribution in [0.5, 0.6) is 0 Å². The molecule has 1 fully saturated rings. The number of carbonyl (C=O) groups is 1. The topological polar surface area (TPSA) is 49.3 Å². The highest BCUT2D eigenvalue weighted by molar-refractivity contribution is 5.89. The van der Waals surface area contributed by atoms with E-state index in [0.29, 0.717) is 0 Å². The molecule has 0 saturated carbocycles. The van der Waals surface area contributed by atoms with Gasteiger partial charge in [-0.3, -0.25) is 0 Å². The number of nitrogens with one attached hydrogen (secondary N) is 1. The van der Waals surface area contributed by atoms with Gasteiger partial charge in [0, 0.05) is 5.54 Å². The minimum Gasteiger partial charge on any atom is -0.478 e. The van der Waals surface area contributed by atoms with Crippen LogP contribution in [0.3, 0.4) is 0 Å². The third kappa shape index (κ3) is 2.05. The van der Waals surface area contributed by atoms with Gasteiger partial charge in [0.05, 0.1) is 5.56 Å². The second-order valence-corrected chi connectivity index (χ2v) is 4.80. The summed E-state index contributed by atoms with van der Waals surface area (Å²) in [5.74, 6) is -1.53. The van der Waals surface area contributed by atoms with Crippen molar-refractivity contribution < 1.29 is 14.3 Å². The summed E-state index contributed by atoms with van der Waals surface area (Å²) in [6.07, 6.45) is 1.92. The standard InChI is InChI=1S/C13H16FNO2/c1-8-10(12(16)17)6-9(7-11(8)14)13(2)4-3-5-15-13/h6-7,15H,3-5H2,1-2H3,(H,16,17). The van der Waals surface area contributed by atoms with E-state index < -0.39 is 11.8 Å². The molecule has 0 radical (unpaired) electrons. The lowest BCUT2D eigenvalue weighted by Gasteiger charge is -2.26. The Balaban J connectivity index is 2.52. The molecule has 3 nitrogen and oxygen atoms in total. The maximum Gasteiger partial charge on any atom is 0.336 e. The SMILES string of the molecule is Cc1c(F)cc(C2(C)CCCN2)cc1C(=O)O. The molecule has 4 heteroatoms. The fourth-order valence-corrected chi connectivity index (χ4v) is 2.36. The van der Waals surface area contributed by atoms with Gasteiger partial charge in [-0.25, -0.2) is 9.18 Å². The number of carboxylic acid groups (broad SMARTS) is 1. The number of benzene rings is 1. The van der Waals surface area contributed by atoms with Crippen molar-refractivity contribution in [3.05, 3.63) is 34.6 Å². The number of carboxylic acids is 1. The van der Waals surface area contributed by atoms with Gasteiger partial charge in [-0.1, -0.05) is 0 Å². The van der Waals surface area contributed by atoms with Crippen molar-refractivity contribution in [2.75, 3.05) is 6.54 Å². The molecule has 0 aromatic heterocycles. The lowest BCUT2D eigenvalue weighted by atomic mass is 9.88. The summed E-state index contributed by atoms with van der Waals surface area (Å²) in [5.41, 5.74) is 0.659. The van der Waals surface area contributed by atoms with Gasteiger partial charge in [-0.2, -0.15) is 0 Å². The van der Waals surface area contributed by atoms with Crippen LogP contribution in [0.25, 0.3) is 0 Å². The molecular weight excluding hydrogens is 221 g/mol. The van der Waals surface area contributed by atoms with E-state index in [1.54, 1.807) is 6.07 Å². The Morgan fingerprint density at radius 1 is 1.53 bits per heavy atom. The molecular formula is C13H16FNO2. The van der Waals surface area contributed by atoms with Crippen LogP contribution in [-0.4, -0.2) is 17.6 Å². The summed E-state index contributed by atoms with van der Waals surface area (Å²) in [7, 11) is 0. The van der Waals surface area contributed by atoms with Gasteiger partial charge in [0.15, 0.2) is 0 Å². The second-order valence-electron chi connectivity index (χ2n) is 4.80. The molecule has 1 saturated heterocycles. The number of aromatic carboxylic acids is 1. The monoisotopic (exact) mass is 237 g/mol. The minimum atomic E-state index is -1.08. The van der Waals surface area contributed by atoms with Crippen molar-refractivity contribution in [3.8, 4) is 0 Å². The molecule has 1 aromatic rings. The van der Waals surface area contributed by atoms with Gasteiger partial charge in [0.1, 0.15) is 5.82 Å².